The van der Waals surface area contributed by atoms with Gasteiger partial charge in [-0.25, -0.2) is 4.98 Å². The second kappa shape index (κ2) is 4.75. The molecular formula is C11H17N5O2. The van der Waals surface area contributed by atoms with Gasteiger partial charge in [-0.15, -0.1) is 0 Å². The summed E-state index contributed by atoms with van der Waals surface area (Å²) >= 11 is 0. The van der Waals surface area contributed by atoms with Crippen molar-refractivity contribution in [2.24, 2.45) is 0 Å². The Hall–Kier alpha value is -1.92. The first kappa shape index (κ1) is 12.5. The van der Waals surface area contributed by atoms with Crippen LogP contribution in [0, 0.1) is 10.1 Å². The summed E-state index contributed by atoms with van der Waals surface area (Å²) in [6.07, 6.45) is 4.21. The zero-order valence-electron chi connectivity index (χ0n) is 10.6. The van der Waals surface area contributed by atoms with Crippen LogP contribution in [-0.2, 0) is 0 Å². The molecule has 0 amide bonds. The molecule has 0 spiro atoms. The van der Waals surface area contributed by atoms with Gasteiger partial charge in [-0.2, -0.15) is 4.98 Å². The van der Waals surface area contributed by atoms with Crippen molar-refractivity contribution < 1.29 is 4.92 Å². The Labute approximate surface area is 105 Å². The highest BCUT2D eigenvalue weighted by molar-refractivity contribution is 5.59. The van der Waals surface area contributed by atoms with Crippen molar-refractivity contribution in [3.63, 3.8) is 0 Å². The Bertz CT molecular complexity index is 459. The Morgan fingerprint density at radius 1 is 1.56 bits per heavy atom. The minimum atomic E-state index is -0.461. The van der Waals surface area contributed by atoms with Crippen molar-refractivity contribution in [1.82, 2.24) is 9.97 Å². The molecule has 1 heterocycles. The highest BCUT2D eigenvalue weighted by Gasteiger charge is 2.39. The van der Waals surface area contributed by atoms with Crippen LogP contribution in [-0.4, -0.2) is 27.0 Å². The van der Waals surface area contributed by atoms with Gasteiger partial charge in [0, 0.05) is 12.1 Å². The van der Waals surface area contributed by atoms with Crippen LogP contribution in [0.4, 0.5) is 17.5 Å². The molecule has 0 aromatic carbocycles. The lowest BCUT2D eigenvalue weighted by Gasteiger charge is -2.13. The number of rotatable bonds is 6. The smallest absolute Gasteiger partial charge is 0.329 e. The van der Waals surface area contributed by atoms with Crippen LogP contribution in [0.2, 0.25) is 0 Å². The summed E-state index contributed by atoms with van der Waals surface area (Å²) < 4.78 is 0. The molecule has 2 rings (SSSR count). The van der Waals surface area contributed by atoms with Crippen LogP contribution in [0.3, 0.4) is 0 Å². The molecule has 1 aliphatic rings. The second-order valence-electron chi connectivity index (χ2n) is 4.80. The van der Waals surface area contributed by atoms with E-state index in [9.17, 15) is 10.1 Å². The highest BCUT2D eigenvalue weighted by atomic mass is 16.6. The molecule has 0 aliphatic heterocycles. The van der Waals surface area contributed by atoms with Gasteiger partial charge in [-0.3, -0.25) is 10.1 Å². The first-order chi connectivity index (χ1) is 8.54. The Morgan fingerprint density at radius 3 is 2.83 bits per heavy atom. The molecule has 18 heavy (non-hydrogen) atoms. The standard InChI is InChI=1S/C11H17N5O2/c1-3-6-12-10-13-7-8(16(17)18)9(14-10)15-11(2)4-5-11/h7H,3-6H2,1-2H3,(H2,12,13,14,15). The summed E-state index contributed by atoms with van der Waals surface area (Å²) in [6.45, 7) is 4.80. The van der Waals surface area contributed by atoms with Crippen LogP contribution in [0.25, 0.3) is 0 Å². The Morgan fingerprint density at radius 2 is 2.28 bits per heavy atom. The molecule has 7 heteroatoms. The minimum Gasteiger partial charge on any atom is -0.359 e. The van der Waals surface area contributed by atoms with Crippen molar-refractivity contribution >= 4 is 17.5 Å². The number of hydrogen-bond donors (Lipinski definition) is 2. The molecule has 1 aromatic rings. The minimum absolute atomic E-state index is 0.0544. The van der Waals surface area contributed by atoms with Crippen molar-refractivity contribution in [3.05, 3.63) is 16.3 Å². The van der Waals surface area contributed by atoms with Gasteiger partial charge in [-0.1, -0.05) is 6.92 Å². The van der Waals surface area contributed by atoms with Crippen LogP contribution in [0.15, 0.2) is 6.20 Å². The molecule has 1 aliphatic carbocycles. The van der Waals surface area contributed by atoms with Crippen LogP contribution >= 0.6 is 0 Å². The fourth-order valence-corrected chi connectivity index (χ4v) is 1.52. The third-order valence-corrected chi connectivity index (χ3v) is 2.92. The van der Waals surface area contributed by atoms with Gasteiger partial charge in [0.15, 0.2) is 0 Å². The molecule has 1 fully saturated rings. The molecule has 0 unspecified atom stereocenters. The maximum absolute atomic E-state index is 10.9. The number of hydrogen-bond acceptors (Lipinski definition) is 6. The van der Waals surface area contributed by atoms with E-state index < -0.39 is 4.92 Å². The lowest BCUT2D eigenvalue weighted by Crippen LogP contribution is -2.19. The van der Waals surface area contributed by atoms with Crippen LogP contribution in [0.5, 0.6) is 0 Å². The van der Waals surface area contributed by atoms with Gasteiger partial charge < -0.3 is 10.6 Å². The summed E-state index contributed by atoms with van der Waals surface area (Å²) in [4.78, 5) is 18.6. The summed E-state index contributed by atoms with van der Waals surface area (Å²) in [5.41, 5.74) is -0.133. The lowest BCUT2D eigenvalue weighted by atomic mass is 10.3. The van der Waals surface area contributed by atoms with Crippen molar-refractivity contribution in [2.45, 2.75) is 38.6 Å². The molecule has 2 N–H and O–H groups in total. The molecular weight excluding hydrogens is 234 g/mol. The molecule has 0 saturated heterocycles. The number of nitrogens with zero attached hydrogens (tertiary/aromatic N) is 3. The highest BCUT2D eigenvalue weighted by Crippen LogP contribution is 2.39. The Balaban J connectivity index is 2.22. The number of anilines is 2. The molecule has 1 saturated carbocycles. The van der Waals surface area contributed by atoms with Gasteiger partial charge in [0.05, 0.1) is 4.92 Å². The van der Waals surface area contributed by atoms with Crippen LogP contribution in [0.1, 0.15) is 33.1 Å². The molecule has 1 aromatic heterocycles. The SMILES string of the molecule is CCCNc1ncc([N+](=O)[O-])c(NC2(C)CC2)n1. The first-order valence-electron chi connectivity index (χ1n) is 6.07. The number of aromatic nitrogens is 2. The fourth-order valence-electron chi connectivity index (χ4n) is 1.52. The van der Waals surface area contributed by atoms with Gasteiger partial charge in [0.1, 0.15) is 6.20 Å². The van der Waals surface area contributed by atoms with E-state index >= 15 is 0 Å². The van der Waals surface area contributed by atoms with E-state index in [1.165, 1.54) is 6.20 Å². The van der Waals surface area contributed by atoms with Crippen molar-refractivity contribution in [3.8, 4) is 0 Å². The average Bonchev–Trinajstić information content (AvgIpc) is 3.04. The van der Waals surface area contributed by atoms with Gasteiger partial charge >= 0.3 is 5.69 Å². The largest absolute Gasteiger partial charge is 0.359 e. The van der Waals surface area contributed by atoms with Crippen molar-refractivity contribution in [1.29, 1.82) is 0 Å². The first-order valence-corrected chi connectivity index (χ1v) is 6.07. The predicted molar refractivity (Wildman–Crippen MR) is 68.7 cm³/mol. The summed E-state index contributed by atoms with van der Waals surface area (Å²) in [6, 6.07) is 0. The molecule has 0 atom stereocenters. The second-order valence-corrected chi connectivity index (χ2v) is 4.80. The van der Waals surface area contributed by atoms with Gasteiger partial charge in [-0.05, 0) is 26.2 Å². The number of nitro groups is 1. The lowest BCUT2D eigenvalue weighted by molar-refractivity contribution is -0.384. The quantitative estimate of drug-likeness (QED) is 0.594. The zero-order valence-corrected chi connectivity index (χ0v) is 10.6. The molecule has 0 radical (unpaired) electrons. The molecule has 0 bridgehead atoms. The third kappa shape index (κ3) is 2.85. The predicted octanol–water partition coefficient (Wildman–Crippen LogP) is 2.17. The van der Waals surface area contributed by atoms with E-state index in [4.69, 9.17) is 0 Å². The third-order valence-electron chi connectivity index (χ3n) is 2.92. The Kier molecular flexibility index (Phi) is 3.31. The topological polar surface area (TPSA) is 93.0 Å². The monoisotopic (exact) mass is 251 g/mol. The normalized spacial score (nSPS) is 16.1. The van der Waals surface area contributed by atoms with E-state index in [0.717, 1.165) is 25.8 Å². The maximum Gasteiger partial charge on any atom is 0.329 e. The van der Waals surface area contributed by atoms with Crippen molar-refractivity contribution in [2.75, 3.05) is 17.2 Å². The van der Waals surface area contributed by atoms with Gasteiger partial charge in [0.25, 0.3) is 0 Å². The maximum atomic E-state index is 10.9. The van der Waals surface area contributed by atoms with E-state index in [0.29, 0.717) is 11.8 Å². The van der Waals surface area contributed by atoms with E-state index in [1.54, 1.807) is 0 Å². The summed E-state index contributed by atoms with van der Waals surface area (Å²) in [5, 5.41) is 17.1. The molecule has 98 valence electrons. The summed E-state index contributed by atoms with van der Waals surface area (Å²) in [5.74, 6) is 0.725. The fraction of sp³-hybridized carbons (Fsp3) is 0.636. The average molecular weight is 251 g/mol. The summed E-state index contributed by atoms with van der Waals surface area (Å²) in [7, 11) is 0. The van der Waals surface area contributed by atoms with Gasteiger partial charge in [0.2, 0.25) is 11.8 Å². The van der Waals surface area contributed by atoms with E-state index in [2.05, 4.69) is 20.6 Å². The molecule has 7 nitrogen and oxygen atoms in total. The zero-order chi connectivity index (χ0) is 13.2. The van der Waals surface area contributed by atoms with Crippen LogP contribution < -0.4 is 10.6 Å². The van der Waals surface area contributed by atoms with E-state index in [-0.39, 0.29) is 11.2 Å². The number of nitrogens with one attached hydrogen (secondary N) is 2. The van der Waals surface area contributed by atoms with E-state index in [1.807, 2.05) is 13.8 Å².